The fourth-order valence-corrected chi connectivity index (χ4v) is 4.54. The Morgan fingerprint density at radius 3 is 2.43 bits per heavy atom. The zero-order valence-corrected chi connectivity index (χ0v) is 20.3. The van der Waals surface area contributed by atoms with Crippen molar-refractivity contribution in [1.82, 2.24) is 19.7 Å². The number of benzene rings is 1. The molecular weight excluding hydrogens is 418 g/mol. The van der Waals surface area contributed by atoms with Gasteiger partial charge in [0, 0.05) is 24.8 Å². The number of halogens is 1. The van der Waals surface area contributed by atoms with E-state index in [1.54, 1.807) is 16.2 Å². The van der Waals surface area contributed by atoms with Gasteiger partial charge in [-0.1, -0.05) is 31.3 Å². The Balaban J connectivity index is 0.00000320. The SMILES string of the molecule is CCN(CC)CCN(C(=O)c1cc(C)n(C(C)C)n1)c1nc2ccc(C)cc2s1.Cl. The van der Waals surface area contributed by atoms with Gasteiger partial charge in [-0.2, -0.15) is 5.10 Å². The molecule has 0 bridgehead atoms. The maximum Gasteiger partial charge on any atom is 0.280 e. The van der Waals surface area contributed by atoms with E-state index in [1.807, 2.05) is 23.7 Å². The molecule has 0 fully saturated rings. The predicted molar refractivity (Wildman–Crippen MR) is 128 cm³/mol. The van der Waals surface area contributed by atoms with Crippen LogP contribution in [0, 0.1) is 13.8 Å². The number of nitrogens with zero attached hydrogens (tertiary/aromatic N) is 5. The normalized spacial score (nSPS) is 11.3. The molecule has 2 heterocycles. The van der Waals surface area contributed by atoms with Crippen LogP contribution in [0.1, 0.15) is 55.5 Å². The third-order valence-electron chi connectivity index (χ3n) is 5.17. The highest BCUT2D eigenvalue weighted by Crippen LogP contribution is 2.30. The van der Waals surface area contributed by atoms with Crippen LogP contribution in [0.2, 0.25) is 0 Å². The lowest BCUT2D eigenvalue weighted by molar-refractivity contribution is 0.0978. The fourth-order valence-electron chi connectivity index (χ4n) is 3.45. The highest BCUT2D eigenvalue weighted by atomic mass is 35.5. The Morgan fingerprint density at radius 1 is 1.13 bits per heavy atom. The maximum absolute atomic E-state index is 13.5. The Bertz CT molecular complexity index is 993. The minimum absolute atomic E-state index is 0. The summed E-state index contributed by atoms with van der Waals surface area (Å²) in [6.45, 7) is 15.8. The number of likely N-dealkylation sites (N-methyl/N-ethyl adjacent to an activating group) is 1. The first-order valence-electron chi connectivity index (χ1n) is 10.3. The van der Waals surface area contributed by atoms with E-state index in [9.17, 15) is 4.79 Å². The molecule has 30 heavy (non-hydrogen) atoms. The van der Waals surface area contributed by atoms with E-state index in [2.05, 4.69) is 56.8 Å². The van der Waals surface area contributed by atoms with Crippen molar-refractivity contribution >= 4 is 45.0 Å². The van der Waals surface area contributed by atoms with Gasteiger partial charge in [0.25, 0.3) is 5.91 Å². The largest absolute Gasteiger partial charge is 0.302 e. The lowest BCUT2D eigenvalue weighted by Crippen LogP contribution is -2.39. The van der Waals surface area contributed by atoms with Crippen molar-refractivity contribution in [3.05, 3.63) is 41.2 Å². The van der Waals surface area contributed by atoms with Gasteiger partial charge in [0.2, 0.25) is 0 Å². The van der Waals surface area contributed by atoms with E-state index >= 15 is 0 Å². The topological polar surface area (TPSA) is 54.3 Å². The van der Waals surface area contributed by atoms with Crippen LogP contribution in [0.15, 0.2) is 24.3 Å². The van der Waals surface area contributed by atoms with Crippen molar-refractivity contribution in [1.29, 1.82) is 0 Å². The Labute approximate surface area is 189 Å². The number of rotatable bonds is 8. The van der Waals surface area contributed by atoms with Crippen LogP contribution in [0.25, 0.3) is 10.2 Å². The van der Waals surface area contributed by atoms with Crippen molar-refractivity contribution in [2.45, 2.75) is 47.6 Å². The summed E-state index contributed by atoms with van der Waals surface area (Å²) < 4.78 is 3.00. The molecule has 0 N–H and O–H groups in total. The van der Waals surface area contributed by atoms with Gasteiger partial charge in [0.1, 0.15) is 0 Å². The number of thiazole rings is 1. The van der Waals surface area contributed by atoms with Crippen LogP contribution >= 0.6 is 23.7 Å². The maximum atomic E-state index is 13.5. The van der Waals surface area contributed by atoms with Crippen LogP contribution in [0.5, 0.6) is 0 Å². The van der Waals surface area contributed by atoms with Gasteiger partial charge < -0.3 is 4.90 Å². The van der Waals surface area contributed by atoms with Crippen LogP contribution in [-0.4, -0.2) is 51.8 Å². The van der Waals surface area contributed by atoms with E-state index in [0.717, 1.165) is 40.7 Å². The molecule has 0 radical (unpaired) electrons. The second-order valence-corrected chi connectivity index (χ2v) is 8.67. The van der Waals surface area contributed by atoms with Crippen molar-refractivity contribution in [2.75, 3.05) is 31.1 Å². The number of aromatic nitrogens is 3. The molecular formula is C22H32ClN5OS. The third-order valence-corrected chi connectivity index (χ3v) is 6.21. The summed E-state index contributed by atoms with van der Waals surface area (Å²) in [5.41, 5.74) is 3.60. The van der Waals surface area contributed by atoms with Gasteiger partial charge in [-0.15, -0.1) is 12.4 Å². The number of carbonyl (C=O) groups is 1. The standard InChI is InChI=1S/C22H31N5OS.ClH/c1-7-25(8-2)11-12-26(21(28)19-14-17(6)27(24-19)15(3)4)22-23-18-10-9-16(5)13-20(18)29-22;/h9-10,13-15H,7-8,11-12H2,1-6H3;1H. The first-order chi connectivity index (χ1) is 13.8. The fraction of sp³-hybridized carbons (Fsp3) is 0.500. The van der Waals surface area contributed by atoms with Gasteiger partial charge in [0.15, 0.2) is 10.8 Å². The zero-order chi connectivity index (χ0) is 21.1. The molecule has 6 nitrogen and oxygen atoms in total. The first-order valence-corrected chi connectivity index (χ1v) is 11.1. The molecule has 1 aromatic carbocycles. The summed E-state index contributed by atoms with van der Waals surface area (Å²) in [6, 6.07) is 8.30. The van der Waals surface area contributed by atoms with Crippen LogP contribution in [0.4, 0.5) is 5.13 Å². The van der Waals surface area contributed by atoms with E-state index in [1.165, 1.54) is 5.56 Å². The van der Waals surface area contributed by atoms with Crippen molar-refractivity contribution in [2.24, 2.45) is 0 Å². The van der Waals surface area contributed by atoms with Gasteiger partial charge in [-0.3, -0.25) is 14.4 Å². The summed E-state index contributed by atoms with van der Waals surface area (Å²) >= 11 is 1.57. The average molecular weight is 450 g/mol. The van der Waals surface area contributed by atoms with Crippen LogP contribution in [-0.2, 0) is 0 Å². The summed E-state index contributed by atoms with van der Waals surface area (Å²) in [5, 5.41) is 5.32. The zero-order valence-electron chi connectivity index (χ0n) is 18.7. The molecule has 0 unspecified atom stereocenters. The molecule has 0 aliphatic rings. The monoisotopic (exact) mass is 449 g/mol. The number of anilines is 1. The summed E-state index contributed by atoms with van der Waals surface area (Å²) in [4.78, 5) is 22.3. The van der Waals surface area contributed by atoms with E-state index in [4.69, 9.17) is 4.98 Å². The minimum Gasteiger partial charge on any atom is -0.302 e. The second-order valence-electron chi connectivity index (χ2n) is 7.66. The number of amides is 1. The molecule has 0 aliphatic carbocycles. The lowest BCUT2D eigenvalue weighted by atomic mass is 10.2. The number of carbonyl (C=O) groups excluding carboxylic acids is 1. The molecule has 164 valence electrons. The van der Waals surface area contributed by atoms with Crippen molar-refractivity contribution in [3.8, 4) is 0 Å². The molecule has 0 saturated heterocycles. The minimum atomic E-state index is -0.0876. The van der Waals surface area contributed by atoms with E-state index < -0.39 is 0 Å². The molecule has 0 aliphatic heterocycles. The van der Waals surface area contributed by atoms with Gasteiger partial charge in [-0.25, -0.2) is 4.98 Å². The average Bonchev–Trinajstić information content (AvgIpc) is 3.28. The Hall–Kier alpha value is -1.96. The van der Waals surface area contributed by atoms with Gasteiger partial charge in [0.05, 0.1) is 10.2 Å². The lowest BCUT2D eigenvalue weighted by Gasteiger charge is -2.24. The molecule has 2 aromatic heterocycles. The second kappa shape index (κ2) is 10.4. The van der Waals surface area contributed by atoms with E-state index in [-0.39, 0.29) is 24.4 Å². The number of aryl methyl sites for hydroxylation is 2. The molecule has 0 saturated carbocycles. The summed E-state index contributed by atoms with van der Waals surface area (Å²) in [6.07, 6.45) is 0. The number of fused-ring (bicyclic) bond motifs is 1. The Morgan fingerprint density at radius 2 is 1.83 bits per heavy atom. The Kier molecular flexibility index (Phi) is 8.41. The first kappa shape index (κ1) is 24.3. The van der Waals surface area contributed by atoms with Crippen molar-refractivity contribution < 1.29 is 4.79 Å². The highest BCUT2D eigenvalue weighted by molar-refractivity contribution is 7.22. The molecule has 0 spiro atoms. The highest BCUT2D eigenvalue weighted by Gasteiger charge is 2.25. The van der Waals surface area contributed by atoms with Crippen LogP contribution in [0.3, 0.4) is 0 Å². The molecule has 3 rings (SSSR count). The predicted octanol–water partition coefficient (Wildman–Crippen LogP) is 5.10. The van der Waals surface area contributed by atoms with Crippen LogP contribution < -0.4 is 4.90 Å². The quantitative estimate of drug-likeness (QED) is 0.480. The van der Waals surface area contributed by atoms with Gasteiger partial charge in [-0.05, 0) is 64.5 Å². The smallest absolute Gasteiger partial charge is 0.280 e. The van der Waals surface area contributed by atoms with Crippen molar-refractivity contribution in [3.63, 3.8) is 0 Å². The molecule has 1 amide bonds. The molecule has 8 heteroatoms. The van der Waals surface area contributed by atoms with E-state index in [0.29, 0.717) is 12.2 Å². The number of hydrogen-bond donors (Lipinski definition) is 0. The third kappa shape index (κ3) is 5.20. The molecule has 3 aromatic rings. The number of hydrogen-bond acceptors (Lipinski definition) is 5. The summed E-state index contributed by atoms with van der Waals surface area (Å²) in [7, 11) is 0. The van der Waals surface area contributed by atoms with Gasteiger partial charge >= 0.3 is 0 Å². The molecule has 0 atom stereocenters. The summed E-state index contributed by atoms with van der Waals surface area (Å²) in [5.74, 6) is -0.0876.